The third-order valence-corrected chi connectivity index (χ3v) is 4.58. The van der Waals surface area contributed by atoms with Crippen LogP contribution in [0.25, 0.3) is 0 Å². The summed E-state index contributed by atoms with van der Waals surface area (Å²) in [6.07, 6.45) is 2.84. The molecule has 0 spiro atoms. The summed E-state index contributed by atoms with van der Waals surface area (Å²) in [6, 6.07) is 0.257. The number of carboxylic acids is 1. The highest BCUT2D eigenvalue weighted by Crippen LogP contribution is 2.12. The van der Waals surface area contributed by atoms with Crippen LogP contribution in [0.5, 0.6) is 0 Å². The average Bonchev–Trinajstić information content (AvgIpc) is 2.68. The van der Waals surface area contributed by atoms with Gasteiger partial charge in [0.1, 0.15) is 0 Å². The SMILES string of the molecule is O=C(Nc1cncc(C(=O)O)c1)NC1CCS(=O)(=O)C1. The second kappa shape index (κ2) is 5.45. The number of anilines is 1. The van der Waals surface area contributed by atoms with Crippen molar-refractivity contribution in [3.63, 3.8) is 0 Å². The van der Waals surface area contributed by atoms with Crippen molar-refractivity contribution in [2.45, 2.75) is 12.5 Å². The van der Waals surface area contributed by atoms with E-state index in [0.717, 1.165) is 6.20 Å². The van der Waals surface area contributed by atoms with E-state index in [9.17, 15) is 18.0 Å². The number of carbonyl (C=O) groups is 2. The molecule has 1 atom stereocenters. The van der Waals surface area contributed by atoms with Gasteiger partial charge in [-0.15, -0.1) is 0 Å². The summed E-state index contributed by atoms with van der Waals surface area (Å²) in [6.45, 7) is 0. The van der Waals surface area contributed by atoms with Crippen LogP contribution in [0.2, 0.25) is 0 Å². The minimum atomic E-state index is -3.06. The first-order valence-corrected chi connectivity index (χ1v) is 7.64. The summed E-state index contributed by atoms with van der Waals surface area (Å²) < 4.78 is 22.5. The van der Waals surface area contributed by atoms with Crippen molar-refractivity contribution in [2.75, 3.05) is 16.8 Å². The summed E-state index contributed by atoms with van der Waals surface area (Å²) in [4.78, 5) is 26.1. The molecule has 20 heavy (non-hydrogen) atoms. The molecule has 0 radical (unpaired) electrons. The standard InChI is InChI=1S/C11H13N3O5S/c15-10(16)7-3-9(5-12-4-7)14-11(17)13-8-1-2-20(18,19)6-8/h3-5,8H,1-2,6H2,(H,15,16)(H2,13,14,17). The maximum atomic E-state index is 11.7. The second-order valence-corrected chi connectivity index (χ2v) is 6.69. The highest BCUT2D eigenvalue weighted by atomic mass is 32.2. The number of rotatable bonds is 3. The Morgan fingerprint density at radius 3 is 2.70 bits per heavy atom. The minimum Gasteiger partial charge on any atom is -0.478 e. The molecule has 108 valence electrons. The Balaban J connectivity index is 1.95. The molecule has 1 unspecified atom stereocenters. The van der Waals surface area contributed by atoms with Crippen molar-refractivity contribution in [1.29, 1.82) is 0 Å². The Hall–Kier alpha value is -2.16. The molecule has 9 heteroatoms. The zero-order valence-electron chi connectivity index (χ0n) is 10.4. The lowest BCUT2D eigenvalue weighted by Crippen LogP contribution is -2.38. The van der Waals surface area contributed by atoms with Gasteiger partial charge in [0, 0.05) is 12.2 Å². The van der Waals surface area contributed by atoms with Crippen LogP contribution in [0.15, 0.2) is 18.5 Å². The first-order valence-electron chi connectivity index (χ1n) is 5.82. The third-order valence-electron chi connectivity index (χ3n) is 2.81. The number of pyridine rings is 1. The Kier molecular flexibility index (Phi) is 3.89. The van der Waals surface area contributed by atoms with Crippen molar-refractivity contribution in [3.05, 3.63) is 24.0 Å². The normalized spacial score (nSPS) is 20.3. The van der Waals surface area contributed by atoms with Crippen molar-refractivity contribution < 1.29 is 23.1 Å². The van der Waals surface area contributed by atoms with Gasteiger partial charge >= 0.3 is 12.0 Å². The van der Waals surface area contributed by atoms with E-state index < -0.39 is 27.9 Å². The lowest BCUT2D eigenvalue weighted by atomic mass is 10.2. The molecule has 0 saturated carbocycles. The summed E-state index contributed by atoms with van der Waals surface area (Å²) in [5.74, 6) is -1.16. The second-order valence-electron chi connectivity index (χ2n) is 4.47. The van der Waals surface area contributed by atoms with E-state index in [1.807, 2.05) is 0 Å². The fourth-order valence-electron chi connectivity index (χ4n) is 1.89. The van der Waals surface area contributed by atoms with Gasteiger partial charge in [-0.2, -0.15) is 0 Å². The molecule has 0 aromatic carbocycles. The summed E-state index contributed by atoms with van der Waals surface area (Å²) in [5, 5.41) is 13.7. The smallest absolute Gasteiger partial charge is 0.337 e. The lowest BCUT2D eigenvalue weighted by molar-refractivity contribution is 0.0696. The Morgan fingerprint density at radius 2 is 2.10 bits per heavy atom. The van der Waals surface area contributed by atoms with E-state index in [1.165, 1.54) is 12.3 Å². The molecule has 8 nitrogen and oxygen atoms in total. The number of urea groups is 1. The molecule has 3 N–H and O–H groups in total. The highest BCUT2D eigenvalue weighted by molar-refractivity contribution is 7.91. The molecule has 1 aromatic heterocycles. The van der Waals surface area contributed by atoms with Crippen LogP contribution in [0.4, 0.5) is 10.5 Å². The topological polar surface area (TPSA) is 125 Å². The quantitative estimate of drug-likeness (QED) is 0.726. The number of amides is 2. The van der Waals surface area contributed by atoms with Crippen LogP contribution in [0.1, 0.15) is 16.8 Å². The lowest BCUT2D eigenvalue weighted by Gasteiger charge is -2.12. The molecule has 1 fully saturated rings. The molecular weight excluding hydrogens is 286 g/mol. The number of carbonyl (C=O) groups excluding carboxylic acids is 1. The van der Waals surface area contributed by atoms with E-state index in [2.05, 4.69) is 15.6 Å². The molecule has 1 aliphatic rings. The van der Waals surface area contributed by atoms with Crippen LogP contribution < -0.4 is 10.6 Å². The molecule has 1 saturated heterocycles. The molecule has 2 heterocycles. The molecule has 2 rings (SSSR count). The van der Waals surface area contributed by atoms with Gasteiger partial charge in [-0.1, -0.05) is 0 Å². The maximum absolute atomic E-state index is 11.7. The number of hydrogen-bond acceptors (Lipinski definition) is 5. The number of sulfone groups is 1. The number of aromatic nitrogens is 1. The van der Waals surface area contributed by atoms with Crippen molar-refractivity contribution >= 4 is 27.5 Å². The van der Waals surface area contributed by atoms with E-state index in [4.69, 9.17) is 5.11 Å². The van der Waals surface area contributed by atoms with Crippen LogP contribution >= 0.6 is 0 Å². The van der Waals surface area contributed by atoms with Crippen LogP contribution in [0.3, 0.4) is 0 Å². The summed E-state index contributed by atoms with van der Waals surface area (Å²) in [7, 11) is -3.06. The average molecular weight is 299 g/mol. The zero-order chi connectivity index (χ0) is 14.8. The van der Waals surface area contributed by atoms with Gasteiger partial charge < -0.3 is 15.7 Å². The Bertz CT molecular complexity index is 643. The van der Waals surface area contributed by atoms with Gasteiger partial charge in [0.05, 0.1) is 29.0 Å². The summed E-state index contributed by atoms with van der Waals surface area (Å²) in [5.41, 5.74) is 0.175. The first kappa shape index (κ1) is 14.3. The molecular formula is C11H13N3O5S. The monoisotopic (exact) mass is 299 g/mol. The molecule has 1 aliphatic heterocycles. The zero-order valence-corrected chi connectivity index (χ0v) is 11.2. The molecule has 0 aliphatic carbocycles. The van der Waals surface area contributed by atoms with Gasteiger partial charge in [-0.05, 0) is 12.5 Å². The minimum absolute atomic E-state index is 0.0498. The number of hydrogen-bond donors (Lipinski definition) is 3. The van der Waals surface area contributed by atoms with Gasteiger partial charge in [0.25, 0.3) is 0 Å². The molecule has 2 amide bonds. The third kappa shape index (κ3) is 3.67. The van der Waals surface area contributed by atoms with E-state index in [1.54, 1.807) is 0 Å². The Labute approximate surface area is 115 Å². The predicted molar refractivity (Wildman–Crippen MR) is 70.4 cm³/mol. The first-order chi connectivity index (χ1) is 9.35. The highest BCUT2D eigenvalue weighted by Gasteiger charge is 2.28. The Morgan fingerprint density at radius 1 is 1.35 bits per heavy atom. The number of nitrogens with one attached hydrogen (secondary N) is 2. The van der Waals surface area contributed by atoms with Crippen LogP contribution in [-0.2, 0) is 9.84 Å². The van der Waals surface area contributed by atoms with Gasteiger partial charge in [0.2, 0.25) is 0 Å². The van der Waals surface area contributed by atoms with Crippen molar-refractivity contribution in [3.8, 4) is 0 Å². The maximum Gasteiger partial charge on any atom is 0.337 e. The van der Waals surface area contributed by atoms with Gasteiger partial charge in [-0.3, -0.25) is 4.98 Å². The number of nitrogens with zero attached hydrogens (tertiary/aromatic N) is 1. The van der Waals surface area contributed by atoms with Crippen molar-refractivity contribution in [2.24, 2.45) is 0 Å². The number of aromatic carboxylic acids is 1. The fourth-order valence-corrected chi connectivity index (χ4v) is 3.56. The summed E-state index contributed by atoms with van der Waals surface area (Å²) >= 11 is 0. The van der Waals surface area contributed by atoms with Gasteiger partial charge in [0.15, 0.2) is 9.84 Å². The van der Waals surface area contributed by atoms with E-state index in [0.29, 0.717) is 6.42 Å². The van der Waals surface area contributed by atoms with Crippen LogP contribution in [0, 0.1) is 0 Å². The predicted octanol–water partition coefficient (Wildman–Crippen LogP) is 0.0884. The number of carboxylic acid groups (broad SMARTS) is 1. The van der Waals surface area contributed by atoms with E-state index in [-0.39, 0.29) is 22.8 Å². The van der Waals surface area contributed by atoms with Crippen molar-refractivity contribution in [1.82, 2.24) is 10.3 Å². The molecule has 0 bridgehead atoms. The largest absolute Gasteiger partial charge is 0.478 e. The van der Waals surface area contributed by atoms with Crippen LogP contribution in [-0.4, -0.2) is 48.1 Å². The van der Waals surface area contributed by atoms with Gasteiger partial charge in [-0.25, -0.2) is 18.0 Å². The van der Waals surface area contributed by atoms with E-state index >= 15 is 0 Å². The fraction of sp³-hybridized carbons (Fsp3) is 0.364. The molecule has 1 aromatic rings.